The second-order valence-electron chi connectivity index (χ2n) is 5.46. The van der Waals surface area contributed by atoms with Crippen molar-refractivity contribution in [1.82, 2.24) is 10.3 Å². The van der Waals surface area contributed by atoms with Crippen LogP contribution in [-0.2, 0) is 0 Å². The molecule has 1 heterocycles. The fourth-order valence-corrected chi connectivity index (χ4v) is 3.40. The number of benzene rings is 1. The van der Waals surface area contributed by atoms with Crippen LogP contribution < -0.4 is 5.32 Å². The molecule has 114 valence electrons. The fourth-order valence-electron chi connectivity index (χ4n) is 2.39. The van der Waals surface area contributed by atoms with Gasteiger partial charge in [0, 0.05) is 11.8 Å². The summed E-state index contributed by atoms with van der Waals surface area (Å²) in [6.45, 7) is 11.3. The molecule has 0 saturated carbocycles. The average Bonchev–Trinajstić information content (AvgIpc) is 2.72. The number of oxazole rings is 1. The molecule has 0 radical (unpaired) electrons. The maximum absolute atomic E-state index is 5.65. The van der Waals surface area contributed by atoms with Crippen LogP contribution in [0.25, 0.3) is 0 Å². The quantitative estimate of drug-likeness (QED) is 0.805. The molecule has 1 aromatic carbocycles. The first-order valence-corrected chi connectivity index (χ1v) is 8.36. The van der Waals surface area contributed by atoms with Gasteiger partial charge in [-0.05, 0) is 39.8 Å². The lowest BCUT2D eigenvalue weighted by atomic mass is 10.0. The standard InChI is InChI=1S/C17H24N2OS/c1-6-18-16(15-8-11(2)7-12(3)9-15)10-21-17-19-13(4)14(5)20-17/h7-9,16,18H,6,10H2,1-5H3. The first-order chi connectivity index (χ1) is 9.99. The number of hydrogen-bond donors (Lipinski definition) is 1. The van der Waals surface area contributed by atoms with E-state index in [0.717, 1.165) is 29.0 Å². The largest absolute Gasteiger partial charge is 0.437 e. The van der Waals surface area contributed by atoms with Crippen LogP contribution >= 0.6 is 11.8 Å². The van der Waals surface area contributed by atoms with Gasteiger partial charge in [0.15, 0.2) is 0 Å². The van der Waals surface area contributed by atoms with Crippen LogP contribution in [0.1, 0.15) is 41.1 Å². The second kappa shape index (κ2) is 7.14. The molecule has 0 amide bonds. The van der Waals surface area contributed by atoms with Crippen molar-refractivity contribution in [2.75, 3.05) is 12.3 Å². The van der Waals surface area contributed by atoms with Crippen LogP contribution in [0.15, 0.2) is 27.8 Å². The number of thioether (sulfide) groups is 1. The molecule has 1 aromatic heterocycles. The van der Waals surface area contributed by atoms with E-state index >= 15 is 0 Å². The van der Waals surface area contributed by atoms with Gasteiger partial charge in [-0.25, -0.2) is 4.98 Å². The summed E-state index contributed by atoms with van der Waals surface area (Å²) < 4.78 is 5.65. The highest BCUT2D eigenvalue weighted by atomic mass is 32.2. The average molecular weight is 304 g/mol. The van der Waals surface area contributed by atoms with E-state index in [1.54, 1.807) is 11.8 Å². The molecule has 1 unspecified atom stereocenters. The summed E-state index contributed by atoms with van der Waals surface area (Å²) in [6, 6.07) is 7.03. The summed E-state index contributed by atoms with van der Waals surface area (Å²) in [5.41, 5.74) is 4.92. The van der Waals surface area contributed by atoms with Gasteiger partial charge < -0.3 is 9.73 Å². The number of aryl methyl sites for hydroxylation is 4. The van der Waals surface area contributed by atoms with E-state index in [4.69, 9.17) is 4.42 Å². The summed E-state index contributed by atoms with van der Waals surface area (Å²) >= 11 is 1.67. The van der Waals surface area contributed by atoms with Crippen molar-refractivity contribution in [2.24, 2.45) is 0 Å². The predicted octanol–water partition coefficient (Wildman–Crippen LogP) is 4.35. The van der Waals surface area contributed by atoms with E-state index in [-0.39, 0.29) is 0 Å². The zero-order valence-corrected chi connectivity index (χ0v) is 14.3. The van der Waals surface area contributed by atoms with E-state index in [1.165, 1.54) is 16.7 Å². The fraction of sp³-hybridized carbons (Fsp3) is 0.471. The predicted molar refractivity (Wildman–Crippen MR) is 89.0 cm³/mol. The minimum absolute atomic E-state index is 0.311. The van der Waals surface area contributed by atoms with Gasteiger partial charge in [0.1, 0.15) is 5.76 Å². The van der Waals surface area contributed by atoms with Gasteiger partial charge in [-0.3, -0.25) is 0 Å². The van der Waals surface area contributed by atoms with Crippen molar-refractivity contribution in [3.63, 3.8) is 0 Å². The van der Waals surface area contributed by atoms with Gasteiger partial charge in [-0.2, -0.15) is 0 Å². The second-order valence-corrected chi connectivity index (χ2v) is 6.43. The highest BCUT2D eigenvalue weighted by Gasteiger charge is 2.14. The van der Waals surface area contributed by atoms with Crippen molar-refractivity contribution in [1.29, 1.82) is 0 Å². The first kappa shape index (κ1) is 16.1. The van der Waals surface area contributed by atoms with Gasteiger partial charge in [0.2, 0.25) is 0 Å². The molecule has 2 rings (SSSR count). The molecular weight excluding hydrogens is 280 g/mol. The number of aromatic nitrogens is 1. The zero-order chi connectivity index (χ0) is 15.4. The molecule has 1 N–H and O–H groups in total. The van der Waals surface area contributed by atoms with Crippen molar-refractivity contribution in [3.8, 4) is 0 Å². The van der Waals surface area contributed by atoms with Crippen molar-refractivity contribution < 1.29 is 4.42 Å². The molecule has 3 nitrogen and oxygen atoms in total. The minimum Gasteiger partial charge on any atom is -0.437 e. The van der Waals surface area contributed by atoms with Gasteiger partial charge >= 0.3 is 0 Å². The SMILES string of the molecule is CCNC(CSc1nc(C)c(C)o1)c1cc(C)cc(C)c1. The van der Waals surface area contributed by atoms with Crippen molar-refractivity contribution >= 4 is 11.8 Å². The van der Waals surface area contributed by atoms with Crippen molar-refractivity contribution in [2.45, 2.75) is 45.9 Å². The highest BCUT2D eigenvalue weighted by Crippen LogP contribution is 2.26. The summed E-state index contributed by atoms with van der Waals surface area (Å²) in [5, 5.41) is 4.32. The highest BCUT2D eigenvalue weighted by molar-refractivity contribution is 7.99. The Morgan fingerprint density at radius 2 is 1.81 bits per heavy atom. The van der Waals surface area contributed by atoms with Crippen LogP contribution in [0.2, 0.25) is 0 Å². The Kier molecular flexibility index (Phi) is 5.48. The van der Waals surface area contributed by atoms with E-state index in [9.17, 15) is 0 Å². The van der Waals surface area contributed by atoms with Crippen LogP contribution in [0.3, 0.4) is 0 Å². The minimum atomic E-state index is 0.311. The molecule has 4 heteroatoms. The van der Waals surface area contributed by atoms with Crippen LogP contribution in [0.5, 0.6) is 0 Å². The van der Waals surface area contributed by atoms with E-state index in [0.29, 0.717) is 6.04 Å². The third-order valence-electron chi connectivity index (χ3n) is 3.48. The lowest BCUT2D eigenvalue weighted by Crippen LogP contribution is -2.23. The first-order valence-electron chi connectivity index (χ1n) is 7.38. The summed E-state index contributed by atoms with van der Waals surface area (Å²) in [4.78, 5) is 4.44. The Balaban J connectivity index is 2.11. The van der Waals surface area contributed by atoms with Crippen LogP contribution in [0.4, 0.5) is 0 Å². The lowest BCUT2D eigenvalue weighted by Gasteiger charge is -2.18. The maximum Gasteiger partial charge on any atom is 0.256 e. The summed E-state index contributed by atoms with van der Waals surface area (Å²) in [7, 11) is 0. The van der Waals surface area contributed by atoms with Gasteiger partial charge in [-0.15, -0.1) is 0 Å². The van der Waals surface area contributed by atoms with Gasteiger partial charge in [-0.1, -0.05) is 48.0 Å². The summed E-state index contributed by atoms with van der Waals surface area (Å²) in [5.74, 6) is 1.82. The molecule has 0 aliphatic heterocycles. The molecule has 0 saturated heterocycles. The monoisotopic (exact) mass is 304 g/mol. The molecular formula is C17H24N2OS. The smallest absolute Gasteiger partial charge is 0.256 e. The molecule has 21 heavy (non-hydrogen) atoms. The number of nitrogens with one attached hydrogen (secondary N) is 1. The molecule has 0 fully saturated rings. The zero-order valence-electron chi connectivity index (χ0n) is 13.5. The van der Waals surface area contributed by atoms with Gasteiger partial charge in [0.05, 0.1) is 5.69 Å². The molecule has 1 atom stereocenters. The molecule has 0 bridgehead atoms. The maximum atomic E-state index is 5.65. The van der Waals surface area contributed by atoms with Crippen LogP contribution in [0, 0.1) is 27.7 Å². The Morgan fingerprint density at radius 1 is 1.14 bits per heavy atom. The van der Waals surface area contributed by atoms with E-state index in [2.05, 4.69) is 49.3 Å². The van der Waals surface area contributed by atoms with E-state index in [1.807, 2.05) is 13.8 Å². The molecule has 2 aromatic rings. The molecule has 0 aliphatic rings. The molecule has 0 spiro atoms. The Bertz CT molecular complexity index is 567. The lowest BCUT2D eigenvalue weighted by molar-refractivity contribution is 0.430. The Hall–Kier alpha value is -1.26. The van der Waals surface area contributed by atoms with Crippen molar-refractivity contribution in [3.05, 3.63) is 46.3 Å². The Morgan fingerprint density at radius 3 is 2.33 bits per heavy atom. The topological polar surface area (TPSA) is 38.1 Å². The Labute approximate surface area is 131 Å². The van der Waals surface area contributed by atoms with Crippen LogP contribution in [-0.4, -0.2) is 17.3 Å². The summed E-state index contributed by atoms with van der Waals surface area (Å²) in [6.07, 6.45) is 0. The molecule has 0 aliphatic carbocycles. The third-order valence-corrected chi connectivity index (χ3v) is 4.40. The number of nitrogens with zero attached hydrogens (tertiary/aromatic N) is 1. The number of hydrogen-bond acceptors (Lipinski definition) is 4. The third kappa shape index (κ3) is 4.35. The van der Waals surface area contributed by atoms with E-state index < -0.39 is 0 Å². The normalized spacial score (nSPS) is 12.6. The van der Waals surface area contributed by atoms with Gasteiger partial charge in [0.25, 0.3) is 5.22 Å². The number of rotatable bonds is 6.